The molecule has 0 amide bonds. The molecule has 1 unspecified atom stereocenters. The molecule has 7 heteroatoms. The van der Waals surface area contributed by atoms with Gasteiger partial charge in [0.05, 0.1) is 11.4 Å². The van der Waals surface area contributed by atoms with Crippen molar-refractivity contribution in [1.29, 1.82) is 0 Å². The van der Waals surface area contributed by atoms with Crippen LogP contribution in [0.5, 0.6) is 5.75 Å². The molecule has 7 nitrogen and oxygen atoms in total. The zero-order chi connectivity index (χ0) is 19.8. The van der Waals surface area contributed by atoms with Crippen LogP contribution in [-0.4, -0.2) is 15.9 Å². The Hall–Kier alpha value is -3.79. The molecule has 0 bridgehead atoms. The maximum Gasteiger partial charge on any atom is 0.352 e. The molecule has 2 aromatic rings. The summed E-state index contributed by atoms with van der Waals surface area (Å²) in [5.41, 5.74) is 2.56. The van der Waals surface area contributed by atoms with E-state index in [1.54, 1.807) is 42.7 Å². The van der Waals surface area contributed by atoms with Gasteiger partial charge in [0.25, 0.3) is 0 Å². The van der Waals surface area contributed by atoms with Gasteiger partial charge >= 0.3 is 5.97 Å². The molecule has 140 valence electrons. The van der Waals surface area contributed by atoms with Gasteiger partial charge in [-0.3, -0.25) is 9.78 Å². The second-order valence-electron chi connectivity index (χ2n) is 6.00. The van der Waals surface area contributed by atoms with Gasteiger partial charge in [-0.15, -0.1) is 0 Å². The molecule has 1 aliphatic carbocycles. The Labute approximate surface area is 162 Å². The maximum absolute atomic E-state index is 10.7. The minimum Gasteiger partial charge on any atom is -0.287 e. The number of carbonyl (C=O) groups is 1. The van der Waals surface area contributed by atoms with Gasteiger partial charge in [-0.2, -0.15) is 10.2 Å². The highest BCUT2D eigenvalue weighted by molar-refractivity contribution is 5.65. The first-order chi connectivity index (χ1) is 13.6. The zero-order valence-electron chi connectivity index (χ0n) is 15.5. The number of azo groups is 1. The smallest absolute Gasteiger partial charge is 0.287 e. The van der Waals surface area contributed by atoms with E-state index in [0.717, 1.165) is 17.7 Å². The predicted molar refractivity (Wildman–Crippen MR) is 102 cm³/mol. The van der Waals surface area contributed by atoms with Crippen LogP contribution in [0.1, 0.15) is 26.1 Å². The molecular formula is C21H18N4O3. The van der Waals surface area contributed by atoms with E-state index in [1.165, 1.54) is 6.92 Å². The molecule has 1 aromatic carbocycles. The molecular weight excluding hydrogens is 356 g/mol. The molecule has 28 heavy (non-hydrogen) atoms. The average Bonchev–Trinajstić information content (AvgIpc) is 2.71. The second kappa shape index (κ2) is 9.24. The van der Waals surface area contributed by atoms with Crippen LogP contribution in [0.3, 0.4) is 0 Å². The quantitative estimate of drug-likeness (QED) is 0.344. The summed E-state index contributed by atoms with van der Waals surface area (Å²) in [4.78, 5) is 28.2. The lowest BCUT2D eigenvalue weighted by molar-refractivity contribution is -0.210. The molecule has 0 saturated heterocycles. The van der Waals surface area contributed by atoms with Gasteiger partial charge in [0, 0.05) is 25.2 Å². The molecule has 1 aliphatic rings. The number of carbonyl (C=O) groups excluding carboxylic acids is 1. The lowest BCUT2D eigenvalue weighted by atomic mass is 9.92. The highest BCUT2D eigenvalue weighted by atomic mass is 17.2. The van der Waals surface area contributed by atoms with Crippen molar-refractivity contribution < 1.29 is 14.6 Å². The third-order valence-corrected chi connectivity index (χ3v) is 3.78. The zero-order valence-corrected chi connectivity index (χ0v) is 15.5. The Morgan fingerprint density at radius 1 is 1.18 bits per heavy atom. The topological polar surface area (TPSA) is 86.0 Å². The second-order valence-corrected chi connectivity index (χ2v) is 6.00. The summed E-state index contributed by atoms with van der Waals surface area (Å²) in [5.74, 6) is 6.72. The van der Waals surface area contributed by atoms with Gasteiger partial charge in [-0.05, 0) is 55.7 Å². The van der Waals surface area contributed by atoms with Gasteiger partial charge in [0.1, 0.15) is 0 Å². The first-order valence-electron chi connectivity index (χ1n) is 8.64. The highest BCUT2D eigenvalue weighted by Crippen LogP contribution is 2.25. The summed E-state index contributed by atoms with van der Waals surface area (Å²) in [6, 6.07) is 8.49. The van der Waals surface area contributed by atoms with Crippen LogP contribution in [0, 0.1) is 17.8 Å². The lowest BCUT2D eigenvalue weighted by Crippen LogP contribution is -2.03. The number of aromatic nitrogens is 2. The fourth-order valence-electron chi connectivity index (χ4n) is 2.37. The van der Waals surface area contributed by atoms with Crippen molar-refractivity contribution in [1.82, 2.24) is 9.97 Å². The molecule has 0 radical (unpaired) electrons. The summed E-state index contributed by atoms with van der Waals surface area (Å²) in [6.07, 6.45) is 8.07. The molecule has 0 aliphatic heterocycles. The highest BCUT2D eigenvalue weighted by Gasteiger charge is 2.12. The van der Waals surface area contributed by atoms with E-state index in [2.05, 4.69) is 36.9 Å². The molecule has 1 heterocycles. The van der Waals surface area contributed by atoms with E-state index in [4.69, 9.17) is 4.89 Å². The molecule has 0 N–H and O–H groups in total. The van der Waals surface area contributed by atoms with E-state index < -0.39 is 5.97 Å². The van der Waals surface area contributed by atoms with E-state index in [1.807, 2.05) is 19.1 Å². The number of benzene rings is 1. The Morgan fingerprint density at radius 2 is 1.93 bits per heavy atom. The Morgan fingerprint density at radius 3 is 2.61 bits per heavy atom. The standard InChI is InChI=1S/C21H18N4O3/c1-15-14-19(6-4-17(15)5-11-21-22-12-3-13-23-21)25-24-18-7-9-20(10-8-18)28-27-16(2)26/h3,6-10,12-14,17H,4H2,1-2H3. The lowest BCUT2D eigenvalue weighted by Gasteiger charge is -2.13. The normalized spacial score (nSPS) is 15.9. The van der Waals surface area contributed by atoms with E-state index in [-0.39, 0.29) is 5.92 Å². The van der Waals surface area contributed by atoms with E-state index in [9.17, 15) is 4.79 Å². The Balaban J connectivity index is 1.59. The van der Waals surface area contributed by atoms with Crippen molar-refractivity contribution in [2.75, 3.05) is 0 Å². The number of nitrogens with zero attached hydrogens (tertiary/aromatic N) is 4. The summed E-state index contributed by atoms with van der Waals surface area (Å²) in [7, 11) is 0. The molecule has 1 atom stereocenters. The van der Waals surface area contributed by atoms with Crippen LogP contribution in [0.15, 0.2) is 76.4 Å². The number of rotatable bonds is 4. The van der Waals surface area contributed by atoms with Crippen molar-refractivity contribution >= 4 is 11.7 Å². The summed E-state index contributed by atoms with van der Waals surface area (Å²) >= 11 is 0. The van der Waals surface area contributed by atoms with E-state index in [0.29, 0.717) is 17.3 Å². The maximum atomic E-state index is 10.7. The van der Waals surface area contributed by atoms with Gasteiger partial charge in [0.15, 0.2) is 5.75 Å². The predicted octanol–water partition coefficient (Wildman–Crippen LogP) is 4.32. The largest absolute Gasteiger partial charge is 0.352 e. The number of hydrogen-bond donors (Lipinski definition) is 0. The first-order valence-corrected chi connectivity index (χ1v) is 8.64. The van der Waals surface area contributed by atoms with Crippen molar-refractivity contribution in [3.63, 3.8) is 0 Å². The molecule has 3 rings (SSSR count). The molecule has 1 aromatic heterocycles. The molecule has 0 spiro atoms. The molecule has 0 saturated carbocycles. The van der Waals surface area contributed by atoms with Crippen LogP contribution >= 0.6 is 0 Å². The number of hydrogen-bond acceptors (Lipinski definition) is 7. The van der Waals surface area contributed by atoms with Gasteiger partial charge in [-0.1, -0.05) is 17.6 Å². The van der Waals surface area contributed by atoms with Crippen molar-refractivity contribution in [2.24, 2.45) is 16.1 Å². The third kappa shape index (κ3) is 5.61. The summed E-state index contributed by atoms with van der Waals surface area (Å²) in [5, 5.41) is 8.48. The van der Waals surface area contributed by atoms with Gasteiger partial charge in [-0.25, -0.2) is 14.8 Å². The third-order valence-electron chi connectivity index (χ3n) is 3.78. The SMILES string of the molecule is CC(=O)OOc1ccc(N=NC2=CCC(C#Cc3ncccn3)C(C)=C2)cc1. The van der Waals surface area contributed by atoms with Crippen LogP contribution in [0.2, 0.25) is 0 Å². The minimum absolute atomic E-state index is 0.112. The molecule has 0 fully saturated rings. The van der Waals surface area contributed by atoms with Crippen LogP contribution < -0.4 is 4.89 Å². The first kappa shape index (κ1) is 19.0. The van der Waals surface area contributed by atoms with E-state index >= 15 is 0 Å². The monoisotopic (exact) mass is 374 g/mol. The van der Waals surface area contributed by atoms with Crippen molar-refractivity contribution in [3.05, 3.63) is 72.0 Å². The summed E-state index contributed by atoms with van der Waals surface area (Å²) < 4.78 is 0. The minimum atomic E-state index is -0.519. The van der Waals surface area contributed by atoms with Gasteiger partial charge < -0.3 is 0 Å². The summed E-state index contributed by atoms with van der Waals surface area (Å²) in [6.45, 7) is 3.29. The van der Waals surface area contributed by atoms with Crippen LogP contribution in [-0.2, 0) is 9.68 Å². The fraction of sp³-hybridized carbons (Fsp3) is 0.190. The Kier molecular flexibility index (Phi) is 6.26. The van der Waals surface area contributed by atoms with Crippen molar-refractivity contribution in [2.45, 2.75) is 20.3 Å². The number of allylic oxidation sites excluding steroid dienone is 3. The van der Waals surface area contributed by atoms with Gasteiger partial charge in [0.2, 0.25) is 5.82 Å². The van der Waals surface area contributed by atoms with Crippen molar-refractivity contribution in [3.8, 4) is 17.6 Å². The van der Waals surface area contributed by atoms with Crippen LogP contribution in [0.25, 0.3) is 0 Å². The average molecular weight is 374 g/mol. The Bertz CT molecular complexity index is 984. The fourth-order valence-corrected chi connectivity index (χ4v) is 2.37. The van der Waals surface area contributed by atoms with Crippen LogP contribution in [0.4, 0.5) is 5.69 Å².